The topological polar surface area (TPSA) is 58.4 Å². The Hall–Kier alpha value is -2.89. The number of nitrogens with zero attached hydrogens (tertiary/aromatic N) is 2. The number of amides is 1. The molecule has 28 heavy (non-hydrogen) atoms. The highest BCUT2D eigenvalue weighted by Crippen LogP contribution is 2.28. The predicted octanol–water partition coefficient (Wildman–Crippen LogP) is 3.99. The van der Waals surface area contributed by atoms with Crippen LogP contribution in [0.2, 0.25) is 0 Å². The lowest BCUT2D eigenvalue weighted by Gasteiger charge is -2.23. The molecule has 1 amide bonds. The smallest absolute Gasteiger partial charge is 0.298 e. The van der Waals surface area contributed by atoms with Crippen LogP contribution in [0.25, 0.3) is 11.1 Å². The maximum absolute atomic E-state index is 13.6. The van der Waals surface area contributed by atoms with Gasteiger partial charge in [-0.2, -0.15) is 4.98 Å². The Morgan fingerprint density at radius 1 is 1.32 bits per heavy atom. The summed E-state index contributed by atoms with van der Waals surface area (Å²) in [6.07, 6.45) is 2.91. The molecule has 1 atom stereocenters. The fraction of sp³-hybridized carbons (Fsp3) is 0.364. The Morgan fingerprint density at radius 3 is 3.00 bits per heavy atom. The maximum Gasteiger partial charge on any atom is 0.298 e. The molecular weight excluding hydrogens is 357 g/mol. The molecule has 1 aliphatic rings. The van der Waals surface area contributed by atoms with E-state index in [-0.39, 0.29) is 17.8 Å². The highest BCUT2D eigenvalue weighted by molar-refractivity contribution is 5.76. The van der Waals surface area contributed by atoms with Crippen molar-refractivity contribution in [2.24, 2.45) is 0 Å². The number of carbonyl (C=O) groups excluding carboxylic acids is 1. The van der Waals surface area contributed by atoms with Gasteiger partial charge in [-0.25, -0.2) is 4.39 Å². The lowest BCUT2D eigenvalue weighted by molar-refractivity contribution is -0.121. The van der Waals surface area contributed by atoms with Gasteiger partial charge in [0.05, 0.1) is 6.04 Å². The van der Waals surface area contributed by atoms with E-state index < -0.39 is 0 Å². The molecular formula is C22H24FN3O2. The van der Waals surface area contributed by atoms with E-state index in [1.165, 1.54) is 6.07 Å². The molecule has 0 radical (unpaired) electrons. The number of hydrogen-bond acceptors (Lipinski definition) is 4. The molecule has 1 saturated heterocycles. The van der Waals surface area contributed by atoms with E-state index >= 15 is 0 Å². The molecule has 1 fully saturated rings. The summed E-state index contributed by atoms with van der Waals surface area (Å²) < 4.78 is 19.5. The van der Waals surface area contributed by atoms with Gasteiger partial charge in [0.15, 0.2) is 5.58 Å². The fourth-order valence-electron chi connectivity index (χ4n) is 3.65. The second kappa shape index (κ2) is 8.00. The molecule has 0 bridgehead atoms. The quantitative estimate of drug-likeness (QED) is 0.701. The van der Waals surface area contributed by atoms with E-state index in [1.807, 2.05) is 30.3 Å². The molecule has 1 unspecified atom stereocenters. The summed E-state index contributed by atoms with van der Waals surface area (Å²) in [5.41, 5.74) is 3.08. The second-order valence-corrected chi connectivity index (χ2v) is 7.34. The summed E-state index contributed by atoms with van der Waals surface area (Å²) >= 11 is 0. The average molecular weight is 381 g/mol. The molecule has 1 aliphatic heterocycles. The van der Waals surface area contributed by atoms with Gasteiger partial charge in [0.1, 0.15) is 11.3 Å². The van der Waals surface area contributed by atoms with Crippen molar-refractivity contribution < 1.29 is 13.6 Å². The van der Waals surface area contributed by atoms with Crippen molar-refractivity contribution in [2.75, 3.05) is 18.0 Å². The molecule has 2 aromatic carbocycles. The first-order valence-electron chi connectivity index (χ1n) is 9.74. The van der Waals surface area contributed by atoms with E-state index in [1.54, 1.807) is 13.0 Å². The van der Waals surface area contributed by atoms with E-state index in [9.17, 15) is 9.18 Å². The zero-order chi connectivity index (χ0) is 19.5. The third kappa shape index (κ3) is 4.01. The molecule has 6 heteroatoms. The number of hydrogen-bond donors (Lipinski definition) is 1. The van der Waals surface area contributed by atoms with Crippen LogP contribution in [0, 0.1) is 12.7 Å². The van der Waals surface area contributed by atoms with E-state index in [0.717, 1.165) is 36.0 Å². The summed E-state index contributed by atoms with van der Waals surface area (Å²) in [5, 5.41) is 3.01. The SMILES string of the molecule is Cc1ccc(CCC(=O)NCC2CCCN2c2nc3ccccc3o2)cc1F. The molecule has 0 saturated carbocycles. The second-order valence-electron chi connectivity index (χ2n) is 7.34. The Morgan fingerprint density at radius 2 is 2.18 bits per heavy atom. The molecule has 0 spiro atoms. The number of aryl methyl sites for hydroxylation is 2. The van der Waals surface area contributed by atoms with Crippen LogP contribution in [0.4, 0.5) is 10.4 Å². The number of rotatable bonds is 6. The van der Waals surface area contributed by atoms with Gasteiger partial charge in [-0.05, 0) is 55.5 Å². The number of carbonyl (C=O) groups is 1. The standard InChI is InChI=1S/C22H24FN3O2/c1-15-8-9-16(13-18(15)23)10-11-21(27)24-14-17-5-4-12-26(17)22-25-19-6-2-3-7-20(19)28-22/h2-3,6-9,13,17H,4-5,10-12,14H2,1H3,(H,24,27). The number of anilines is 1. The molecule has 0 aliphatic carbocycles. The van der Waals surface area contributed by atoms with Crippen LogP contribution in [-0.4, -0.2) is 30.0 Å². The number of oxazole rings is 1. The van der Waals surface area contributed by atoms with Crippen molar-refractivity contribution >= 4 is 23.0 Å². The first-order valence-corrected chi connectivity index (χ1v) is 9.74. The molecule has 5 nitrogen and oxygen atoms in total. The maximum atomic E-state index is 13.6. The predicted molar refractivity (Wildman–Crippen MR) is 107 cm³/mol. The van der Waals surface area contributed by atoms with Crippen molar-refractivity contribution in [1.82, 2.24) is 10.3 Å². The first-order chi connectivity index (χ1) is 13.6. The van der Waals surface area contributed by atoms with Crippen molar-refractivity contribution in [3.63, 3.8) is 0 Å². The Labute approximate surface area is 163 Å². The van der Waals surface area contributed by atoms with Crippen LogP contribution in [0.15, 0.2) is 46.9 Å². The van der Waals surface area contributed by atoms with Crippen LogP contribution in [0.1, 0.15) is 30.4 Å². The van der Waals surface area contributed by atoms with Crippen molar-refractivity contribution in [1.29, 1.82) is 0 Å². The lowest BCUT2D eigenvalue weighted by atomic mass is 10.1. The first kappa shape index (κ1) is 18.5. The third-order valence-electron chi connectivity index (χ3n) is 5.32. The van der Waals surface area contributed by atoms with Crippen molar-refractivity contribution in [3.05, 3.63) is 59.4 Å². The van der Waals surface area contributed by atoms with E-state index in [2.05, 4.69) is 15.2 Å². The summed E-state index contributed by atoms with van der Waals surface area (Å²) in [4.78, 5) is 19.0. The molecule has 3 aromatic rings. The molecule has 4 rings (SSSR count). The minimum Gasteiger partial charge on any atom is -0.423 e. The highest BCUT2D eigenvalue weighted by Gasteiger charge is 2.28. The molecule has 1 N–H and O–H groups in total. The Kier molecular flexibility index (Phi) is 5.28. The van der Waals surface area contributed by atoms with Crippen molar-refractivity contribution in [2.45, 2.75) is 38.6 Å². The van der Waals surface area contributed by atoms with Gasteiger partial charge in [-0.3, -0.25) is 4.79 Å². The lowest BCUT2D eigenvalue weighted by Crippen LogP contribution is -2.40. The minimum absolute atomic E-state index is 0.0228. The van der Waals surface area contributed by atoms with Crippen molar-refractivity contribution in [3.8, 4) is 0 Å². The van der Waals surface area contributed by atoms with Crippen LogP contribution in [0.3, 0.4) is 0 Å². The Bertz CT molecular complexity index is 952. The van der Waals surface area contributed by atoms with Crippen LogP contribution < -0.4 is 10.2 Å². The summed E-state index contributed by atoms with van der Waals surface area (Å²) in [7, 11) is 0. The number of nitrogens with one attached hydrogen (secondary N) is 1. The molecule has 2 heterocycles. The van der Waals surface area contributed by atoms with Gasteiger partial charge in [0.2, 0.25) is 5.91 Å². The van der Waals surface area contributed by atoms with Gasteiger partial charge in [0.25, 0.3) is 6.01 Å². The van der Waals surface area contributed by atoms with Crippen LogP contribution in [-0.2, 0) is 11.2 Å². The zero-order valence-electron chi connectivity index (χ0n) is 16.0. The van der Waals surface area contributed by atoms with Gasteiger partial charge < -0.3 is 14.6 Å². The van der Waals surface area contributed by atoms with Gasteiger partial charge >= 0.3 is 0 Å². The number of fused-ring (bicyclic) bond motifs is 1. The molecule has 146 valence electrons. The highest BCUT2D eigenvalue weighted by atomic mass is 19.1. The van der Waals surface area contributed by atoms with E-state index in [0.29, 0.717) is 31.0 Å². The third-order valence-corrected chi connectivity index (χ3v) is 5.32. The number of benzene rings is 2. The summed E-state index contributed by atoms with van der Waals surface area (Å²) in [6.45, 7) is 3.16. The number of para-hydroxylation sites is 2. The minimum atomic E-state index is -0.224. The summed E-state index contributed by atoms with van der Waals surface area (Å²) in [5.74, 6) is -0.247. The largest absolute Gasteiger partial charge is 0.423 e. The Balaban J connectivity index is 1.31. The number of aromatic nitrogens is 1. The van der Waals surface area contributed by atoms with Crippen LogP contribution >= 0.6 is 0 Å². The monoisotopic (exact) mass is 381 g/mol. The molecule has 1 aromatic heterocycles. The number of halogens is 1. The zero-order valence-corrected chi connectivity index (χ0v) is 16.0. The van der Waals surface area contributed by atoms with Crippen LogP contribution in [0.5, 0.6) is 0 Å². The van der Waals surface area contributed by atoms with Gasteiger partial charge in [-0.1, -0.05) is 24.3 Å². The average Bonchev–Trinajstić information content (AvgIpc) is 3.33. The summed E-state index contributed by atoms with van der Waals surface area (Å²) in [6, 6.07) is 13.6. The van der Waals surface area contributed by atoms with Gasteiger partial charge in [0, 0.05) is 19.5 Å². The fourth-order valence-corrected chi connectivity index (χ4v) is 3.65. The van der Waals surface area contributed by atoms with E-state index in [4.69, 9.17) is 4.42 Å². The normalized spacial score (nSPS) is 16.6. The van der Waals surface area contributed by atoms with Gasteiger partial charge in [-0.15, -0.1) is 0 Å².